The second-order valence-electron chi connectivity index (χ2n) is 5.31. The molecule has 1 aliphatic rings. The van der Waals surface area contributed by atoms with Crippen LogP contribution in [0.25, 0.3) is 0 Å². The Morgan fingerprint density at radius 2 is 2.06 bits per heavy atom. The molecule has 0 atom stereocenters. The second kappa shape index (κ2) is 3.95. The molecule has 4 heteroatoms. The molecule has 0 aliphatic carbocycles. The maximum atomic E-state index is 12.2. The highest BCUT2D eigenvalue weighted by Crippen LogP contribution is 2.33. The van der Waals surface area contributed by atoms with Crippen molar-refractivity contribution in [1.29, 1.82) is 0 Å². The Morgan fingerprint density at radius 3 is 2.65 bits per heavy atom. The third-order valence-electron chi connectivity index (χ3n) is 3.21. The fourth-order valence-electron chi connectivity index (χ4n) is 2.16. The van der Waals surface area contributed by atoms with Crippen LogP contribution >= 0.6 is 0 Å². The van der Waals surface area contributed by atoms with Crippen molar-refractivity contribution in [1.82, 2.24) is 4.90 Å². The number of nitrogens with zero attached hydrogens (tertiary/aromatic N) is 1. The summed E-state index contributed by atoms with van der Waals surface area (Å²) in [6.07, 6.45) is 0.957. The normalized spacial score (nSPS) is 18.4. The highest BCUT2D eigenvalue weighted by molar-refractivity contribution is 5.97. The van der Waals surface area contributed by atoms with Gasteiger partial charge in [0.25, 0.3) is 5.91 Å². The van der Waals surface area contributed by atoms with E-state index in [0.29, 0.717) is 13.1 Å². The lowest BCUT2D eigenvalue weighted by Gasteiger charge is -2.20. The van der Waals surface area contributed by atoms with Gasteiger partial charge in [-0.25, -0.2) is 0 Å². The van der Waals surface area contributed by atoms with Gasteiger partial charge in [-0.3, -0.25) is 4.79 Å². The minimum atomic E-state index is -0.331. The molecular formula is C13H17NO3. The van der Waals surface area contributed by atoms with E-state index in [9.17, 15) is 15.0 Å². The Bertz CT molecular complexity index is 454. The number of hydrogen-bond acceptors (Lipinski definition) is 3. The average Bonchev–Trinajstić information content (AvgIpc) is 2.62. The monoisotopic (exact) mass is 235 g/mol. The lowest BCUT2D eigenvalue weighted by molar-refractivity contribution is 0.0774. The number of phenols is 2. The Labute approximate surface area is 100 Å². The summed E-state index contributed by atoms with van der Waals surface area (Å²) in [5, 5.41) is 19.0. The van der Waals surface area contributed by atoms with E-state index in [1.807, 2.05) is 0 Å². The van der Waals surface area contributed by atoms with Gasteiger partial charge in [0.1, 0.15) is 0 Å². The molecule has 1 heterocycles. The van der Waals surface area contributed by atoms with Crippen LogP contribution in [0.15, 0.2) is 18.2 Å². The topological polar surface area (TPSA) is 60.8 Å². The number of carbonyl (C=O) groups is 1. The number of aromatic hydroxyl groups is 2. The second-order valence-corrected chi connectivity index (χ2v) is 5.31. The van der Waals surface area contributed by atoms with Gasteiger partial charge >= 0.3 is 0 Å². The zero-order valence-corrected chi connectivity index (χ0v) is 10.1. The largest absolute Gasteiger partial charge is 0.504 e. The van der Waals surface area contributed by atoms with E-state index in [1.165, 1.54) is 12.1 Å². The molecule has 0 radical (unpaired) electrons. The molecule has 0 spiro atoms. The molecule has 2 rings (SSSR count). The molecule has 1 amide bonds. The molecule has 92 valence electrons. The number of carbonyl (C=O) groups excluding carboxylic acids is 1. The van der Waals surface area contributed by atoms with E-state index in [-0.39, 0.29) is 28.4 Å². The molecule has 0 aromatic heterocycles. The zero-order chi connectivity index (χ0) is 12.6. The van der Waals surface area contributed by atoms with Crippen LogP contribution in [0.3, 0.4) is 0 Å². The number of benzene rings is 1. The summed E-state index contributed by atoms with van der Waals surface area (Å²) in [5.41, 5.74) is 0.296. The van der Waals surface area contributed by atoms with E-state index in [1.54, 1.807) is 11.0 Å². The van der Waals surface area contributed by atoms with Crippen LogP contribution in [-0.4, -0.2) is 34.1 Å². The van der Waals surface area contributed by atoms with Gasteiger partial charge in [-0.15, -0.1) is 0 Å². The molecule has 1 aliphatic heterocycles. The first-order chi connectivity index (χ1) is 7.91. The molecule has 0 saturated carbocycles. The van der Waals surface area contributed by atoms with Crippen LogP contribution in [0.1, 0.15) is 30.6 Å². The lowest BCUT2D eigenvalue weighted by atomic mass is 9.93. The maximum absolute atomic E-state index is 12.2. The summed E-state index contributed by atoms with van der Waals surface area (Å²) in [7, 11) is 0. The summed E-state index contributed by atoms with van der Waals surface area (Å²) in [5.74, 6) is -0.805. The number of amides is 1. The first-order valence-electron chi connectivity index (χ1n) is 5.71. The van der Waals surface area contributed by atoms with Gasteiger partial charge in [-0.05, 0) is 24.0 Å². The molecule has 1 aromatic rings. The SMILES string of the molecule is CC1(C)CCN(C(=O)c2cccc(O)c2O)C1. The van der Waals surface area contributed by atoms with Crippen LogP contribution in [-0.2, 0) is 0 Å². The third kappa shape index (κ3) is 2.20. The smallest absolute Gasteiger partial charge is 0.257 e. The van der Waals surface area contributed by atoms with Crippen molar-refractivity contribution >= 4 is 5.91 Å². The van der Waals surface area contributed by atoms with Crippen molar-refractivity contribution in [2.75, 3.05) is 13.1 Å². The number of likely N-dealkylation sites (tertiary alicyclic amines) is 1. The Balaban J connectivity index is 2.24. The Hall–Kier alpha value is -1.71. The fourth-order valence-corrected chi connectivity index (χ4v) is 2.16. The van der Waals surface area contributed by atoms with Crippen molar-refractivity contribution in [3.63, 3.8) is 0 Å². The summed E-state index contributed by atoms with van der Waals surface area (Å²) >= 11 is 0. The molecule has 1 aromatic carbocycles. The van der Waals surface area contributed by atoms with Crippen molar-refractivity contribution < 1.29 is 15.0 Å². The standard InChI is InChI=1S/C13H17NO3/c1-13(2)6-7-14(8-13)12(17)9-4-3-5-10(15)11(9)16/h3-5,15-16H,6-8H2,1-2H3. The first kappa shape index (κ1) is 11.8. The maximum Gasteiger partial charge on any atom is 0.257 e. The molecule has 0 unspecified atom stereocenters. The van der Waals surface area contributed by atoms with Crippen LogP contribution < -0.4 is 0 Å². The summed E-state index contributed by atoms with van der Waals surface area (Å²) in [4.78, 5) is 13.9. The third-order valence-corrected chi connectivity index (χ3v) is 3.21. The first-order valence-corrected chi connectivity index (χ1v) is 5.71. The van der Waals surface area contributed by atoms with Gasteiger partial charge in [0.2, 0.25) is 0 Å². The lowest BCUT2D eigenvalue weighted by Crippen LogP contribution is -2.30. The summed E-state index contributed by atoms with van der Waals surface area (Å²) in [6.45, 7) is 5.60. The Kier molecular flexibility index (Phi) is 2.73. The van der Waals surface area contributed by atoms with E-state index >= 15 is 0 Å². The number of rotatable bonds is 1. The number of phenolic OH excluding ortho intramolecular Hbond substituents is 2. The van der Waals surface area contributed by atoms with Crippen LogP contribution in [0.2, 0.25) is 0 Å². The predicted octanol–water partition coefficient (Wildman–Crippen LogP) is 1.97. The van der Waals surface area contributed by atoms with Crippen molar-refractivity contribution in [3.05, 3.63) is 23.8 Å². The van der Waals surface area contributed by atoms with Gasteiger partial charge in [0, 0.05) is 13.1 Å². The molecule has 2 N–H and O–H groups in total. The van der Waals surface area contributed by atoms with Crippen LogP contribution in [0.4, 0.5) is 0 Å². The van der Waals surface area contributed by atoms with Crippen molar-refractivity contribution in [3.8, 4) is 11.5 Å². The van der Waals surface area contributed by atoms with Crippen LogP contribution in [0.5, 0.6) is 11.5 Å². The highest BCUT2D eigenvalue weighted by atomic mass is 16.3. The summed E-state index contributed by atoms with van der Waals surface area (Å²) in [6, 6.07) is 4.45. The van der Waals surface area contributed by atoms with Gasteiger partial charge in [0.15, 0.2) is 11.5 Å². The van der Waals surface area contributed by atoms with Crippen molar-refractivity contribution in [2.45, 2.75) is 20.3 Å². The molecule has 17 heavy (non-hydrogen) atoms. The molecule has 0 bridgehead atoms. The summed E-state index contributed by atoms with van der Waals surface area (Å²) < 4.78 is 0. The van der Waals surface area contributed by atoms with Gasteiger partial charge < -0.3 is 15.1 Å². The van der Waals surface area contributed by atoms with Gasteiger partial charge in [-0.2, -0.15) is 0 Å². The molecule has 4 nitrogen and oxygen atoms in total. The average molecular weight is 235 g/mol. The Morgan fingerprint density at radius 1 is 1.35 bits per heavy atom. The quantitative estimate of drug-likeness (QED) is 0.731. The van der Waals surface area contributed by atoms with E-state index in [2.05, 4.69) is 13.8 Å². The van der Waals surface area contributed by atoms with Crippen LogP contribution in [0, 0.1) is 5.41 Å². The molecule has 1 saturated heterocycles. The molecule has 1 fully saturated rings. The highest BCUT2D eigenvalue weighted by Gasteiger charge is 2.33. The minimum Gasteiger partial charge on any atom is -0.504 e. The van der Waals surface area contributed by atoms with E-state index < -0.39 is 0 Å². The number of para-hydroxylation sites is 1. The number of hydrogen-bond donors (Lipinski definition) is 2. The minimum absolute atomic E-state index is 0.127. The van der Waals surface area contributed by atoms with E-state index in [0.717, 1.165) is 6.42 Å². The van der Waals surface area contributed by atoms with E-state index in [4.69, 9.17) is 0 Å². The fraction of sp³-hybridized carbons (Fsp3) is 0.462. The zero-order valence-electron chi connectivity index (χ0n) is 10.1. The van der Waals surface area contributed by atoms with Crippen molar-refractivity contribution in [2.24, 2.45) is 5.41 Å². The van der Waals surface area contributed by atoms with Gasteiger partial charge in [0.05, 0.1) is 5.56 Å². The molecular weight excluding hydrogens is 218 g/mol. The predicted molar refractivity (Wildman–Crippen MR) is 64.1 cm³/mol. The van der Waals surface area contributed by atoms with Gasteiger partial charge in [-0.1, -0.05) is 19.9 Å².